The average molecular weight is 525 g/mol. The van der Waals surface area contributed by atoms with Crippen LogP contribution in [0.15, 0.2) is 80.0 Å². The molecule has 0 aromatic carbocycles. The second kappa shape index (κ2) is 10.6. The fraction of sp³-hybridized carbons (Fsp3) is 0.387. The highest BCUT2D eigenvalue weighted by atomic mass is 15.3. The predicted octanol–water partition coefficient (Wildman–Crippen LogP) is 6.69. The molecule has 39 heavy (non-hydrogen) atoms. The Labute approximate surface area is 230 Å². The first-order valence-electron chi connectivity index (χ1n) is 13.2. The number of fused-ring (bicyclic) bond motifs is 3. The lowest BCUT2D eigenvalue weighted by Crippen LogP contribution is -2.12. The van der Waals surface area contributed by atoms with Crippen molar-refractivity contribution in [2.24, 2.45) is 0 Å². The van der Waals surface area contributed by atoms with Crippen molar-refractivity contribution in [3.05, 3.63) is 96.7 Å². The van der Waals surface area contributed by atoms with E-state index in [0.29, 0.717) is 0 Å². The molecule has 6 aromatic heterocycles. The van der Waals surface area contributed by atoms with Crippen LogP contribution in [0.5, 0.6) is 0 Å². The number of nitrogens with zero attached hydrogens (tertiary/aromatic N) is 8. The van der Waals surface area contributed by atoms with Gasteiger partial charge in [-0.15, -0.1) is 0 Å². The number of aromatic nitrogens is 8. The van der Waals surface area contributed by atoms with Crippen molar-refractivity contribution in [2.75, 3.05) is 0 Å². The maximum absolute atomic E-state index is 4.20. The zero-order chi connectivity index (χ0) is 28.4. The molecule has 204 valence electrons. The van der Waals surface area contributed by atoms with Gasteiger partial charge >= 0.3 is 0 Å². The van der Waals surface area contributed by atoms with E-state index >= 15 is 0 Å². The molecule has 0 amide bonds. The van der Waals surface area contributed by atoms with Gasteiger partial charge in [0.1, 0.15) is 18.3 Å². The summed E-state index contributed by atoms with van der Waals surface area (Å²) in [4.78, 5) is 12.4. The fourth-order valence-corrected chi connectivity index (χ4v) is 3.91. The molecule has 0 unspecified atom stereocenters. The van der Waals surface area contributed by atoms with Crippen molar-refractivity contribution in [1.29, 1.82) is 0 Å². The average Bonchev–Trinajstić information content (AvgIpc) is 3.62. The van der Waals surface area contributed by atoms with Gasteiger partial charge in [0.2, 0.25) is 0 Å². The molecule has 0 atom stereocenters. The quantitative estimate of drug-likeness (QED) is 0.221. The molecule has 0 N–H and O–H groups in total. The summed E-state index contributed by atoms with van der Waals surface area (Å²) in [6.07, 6.45) is 13.1. The van der Waals surface area contributed by atoms with Crippen molar-refractivity contribution < 1.29 is 0 Å². The summed E-state index contributed by atoms with van der Waals surface area (Å²) >= 11 is 0. The van der Waals surface area contributed by atoms with E-state index in [0.717, 1.165) is 16.9 Å². The maximum atomic E-state index is 4.20. The van der Waals surface area contributed by atoms with Gasteiger partial charge in [-0.05, 0) is 57.2 Å². The minimum absolute atomic E-state index is 0.167. The van der Waals surface area contributed by atoms with Crippen molar-refractivity contribution in [2.45, 2.75) is 78.6 Å². The summed E-state index contributed by atoms with van der Waals surface area (Å²) < 4.78 is 5.64. The zero-order valence-corrected chi connectivity index (χ0v) is 24.6. The Morgan fingerprint density at radius 3 is 1.72 bits per heavy atom. The molecule has 0 fully saturated rings. The molecule has 6 aromatic rings. The third-order valence-electron chi connectivity index (χ3n) is 6.54. The summed E-state index contributed by atoms with van der Waals surface area (Å²) in [6.45, 7) is 19.8. The van der Waals surface area contributed by atoms with Gasteiger partial charge in [-0.2, -0.15) is 10.2 Å². The van der Waals surface area contributed by atoms with Crippen LogP contribution in [0.2, 0.25) is 0 Å². The molecule has 0 spiro atoms. The standard InChI is InChI=1S/C11H14N2.2C10H13N3/c1-11(2,3)9-4-5-10-12-6-7-13(10)8-9;1-10(2,3)8-4-5-13-9(6-8)11-7-12-13;1-10(2,3)8-4-5-9-11-7-12-13(9)6-8/h4-8H,1-3H3;2*4-7H,1-3H3. The summed E-state index contributed by atoms with van der Waals surface area (Å²) in [5, 5.41) is 8.15. The van der Waals surface area contributed by atoms with Gasteiger partial charge in [0.15, 0.2) is 11.3 Å². The lowest BCUT2D eigenvalue weighted by Gasteiger charge is -2.18. The third kappa shape index (κ3) is 6.88. The largest absolute Gasteiger partial charge is 0.307 e. The topological polar surface area (TPSA) is 77.7 Å². The van der Waals surface area contributed by atoms with Crippen molar-refractivity contribution in [3.8, 4) is 0 Å². The molecule has 0 bridgehead atoms. The second-order valence-corrected chi connectivity index (χ2v) is 12.8. The van der Waals surface area contributed by atoms with Gasteiger partial charge in [0.05, 0.1) is 0 Å². The summed E-state index contributed by atoms with van der Waals surface area (Å²) in [5.41, 5.74) is 7.25. The number of hydrogen-bond donors (Lipinski definition) is 0. The van der Waals surface area contributed by atoms with Crippen molar-refractivity contribution in [3.63, 3.8) is 0 Å². The van der Waals surface area contributed by atoms with E-state index in [2.05, 4.69) is 128 Å². The number of pyridine rings is 3. The van der Waals surface area contributed by atoms with E-state index in [9.17, 15) is 0 Å². The molecule has 0 aliphatic heterocycles. The number of imidazole rings is 1. The first-order valence-corrected chi connectivity index (χ1v) is 13.2. The van der Waals surface area contributed by atoms with Gasteiger partial charge in [-0.1, -0.05) is 74.4 Å². The van der Waals surface area contributed by atoms with E-state index < -0.39 is 0 Å². The number of rotatable bonds is 0. The van der Waals surface area contributed by atoms with Gasteiger partial charge in [-0.25, -0.2) is 24.0 Å². The van der Waals surface area contributed by atoms with Crippen LogP contribution in [-0.2, 0) is 16.2 Å². The highest BCUT2D eigenvalue weighted by Gasteiger charge is 2.15. The van der Waals surface area contributed by atoms with Crippen LogP contribution >= 0.6 is 0 Å². The third-order valence-corrected chi connectivity index (χ3v) is 6.54. The van der Waals surface area contributed by atoms with E-state index in [4.69, 9.17) is 0 Å². The maximum Gasteiger partial charge on any atom is 0.155 e. The summed E-state index contributed by atoms with van der Waals surface area (Å²) in [7, 11) is 0. The Balaban J connectivity index is 0.000000136. The molecule has 6 rings (SSSR count). The molecule has 0 radical (unpaired) electrons. The van der Waals surface area contributed by atoms with Crippen LogP contribution in [0.4, 0.5) is 0 Å². The van der Waals surface area contributed by atoms with Crippen LogP contribution in [0.1, 0.15) is 79.0 Å². The highest BCUT2D eigenvalue weighted by Crippen LogP contribution is 2.23. The summed E-state index contributed by atoms with van der Waals surface area (Å²) in [5.74, 6) is 0. The predicted molar refractivity (Wildman–Crippen MR) is 157 cm³/mol. The van der Waals surface area contributed by atoms with Crippen molar-refractivity contribution >= 4 is 16.9 Å². The zero-order valence-electron chi connectivity index (χ0n) is 24.6. The molecule has 0 aliphatic carbocycles. The molecule has 0 aliphatic rings. The van der Waals surface area contributed by atoms with Crippen LogP contribution in [0, 0.1) is 0 Å². The highest BCUT2D eigenvalue weighted by molar-refractivity contribution is 5.42. The molecule has 8 heteroatoms. The smallest absolute Gasteiger partial charge is 0.155 e. The molecule has 8 nitrogen and oxygen atoms in total. The van der Waals surface area contributed by atoms with Gasteiger partial charge in [-0.3, -0.25) is 0 Å². The van der Waals surface area contributed by atoms with Crippen LogP contribution in [0.25, 0.3) is 16.9 Å². The lowest BCUT2D eigenvalue weighted by atomic mass is 9.88. The monoisotopic (exact) mass is 524 g/mol. The van der Waals surface area contributed by atoms with E-state index in [1.807, 2.05) is 30.9 Å². The first kappa shape index (κ1) is 28.0. The van der Waals surface area contributed by atoms with Crippen LogP contribution in [0.3, 0.4) is 0 Å². The molecular weight excluding hydrogens is 484 g/mol. The Kier molecular flexibility index (Phi) is 7.59. The molecule has 0 saturated carbocycles. The fourth-order valence-electron chi connectivity index (χ4n) is 3.91. The molecular formula is C31H40N8. The lowest BCUT2D eigenvalue weighted by molar-refractivity contribution is 0.584. The van der Waals surface area contributed by atoms with E-state index in [1.165, 1.54) is 16.7 Å². The van der Waals surface area contributed by atoms with Crippen molar-refractivity contribution in [1.82, 2.24) is 38.6 Å². The minimum Gasteiger partial charge on any atom is -0.307 e. The summed E-state index contributed by atoms with van der Waals surface area (Å²) in [6, 6.07) is 12.5. The molecule has 0 saturated heterocycles. The van der Waals surface area contributed by atoms with E-state index in [-0.39, 0.29) is 16.2 Å². The first-order chi connectivity index (χ1) is 18.2. The van der Waals surface area contributed by atoms with Crippen LogP contribution in [-0.4, -0.2) is 38.6 Å². The van der Waals surface area contributed by atoms with Gasteiger partial charge in [0, 0.05) is 31.0 Å². The number of hydrogen-bond acceptors (Lipinski definition) is 5. The SMILES string of the molecule is CC(C)(C)c1ccc2nccn2c1.CC(C)(C)c1ccc2ncnn2c1.CC(C)(C)c1ccn2ncnc2c1. The normalized spacial score (nSPS) is 12.2. The van der Waals surface area contributed by atoms with E-state index in [1.54, 1.807) is 21.7 Å². The Morgan fingerprint density at radius 2 is 1.08 bits per heavy atom. The minimum atomic E-state index is 0.167. The van der Waals surface area contributed by atoms with Gasteiger partial charge in [0.25, 0.3) is 0 Å². The van der Waals surface area contributed by atoms with Crippen LogP contribution < -0.4 is 0 Å². The Hall–Kier alpha value is -4.07. The second-order valence-electron chi connectivity index (χ2n) is 12.8. The van der Waals surface area contributed by atoms with Gasteiger partial charge < -0.3 is 4.40 Å². The Morgan fingerprint density at radius 1 is 0.513 bits per heavy atom. The Bertz CT molecular complexity index is 1470. The molecule has 6 heterocycles.